The zero-order valence-corrected chi connectivity index (χ0v) is 15.8. The third kappa shape index (κ3) is 3.29. The number of amides is 1. The van der Waals surface area contributed by atoms with Crippen LogP contribution in [-0.2, 0) is 0 Å². The van der Waals surface area contributed by atoms with Crippen molar-refractivity contribution < 1.29 is 9.53 Å². The summed E-state index contributed by atoms with van der Waals surface area (Å²) in [7, 11) is 0. The van der Waals surface area contributed by atoms with E-state index in [2.05, 4.69) is 35.9 Å². The number of aromatic nitrogens is 2. The summed E-state index contributed by atoms with van der Waals surface area (Å²) in [5, 5.41) is 0.731. The smallest absolute Gasteiger partial charge is 0.274 e. The lowest BCUT2D eigenvalue weighted by Gasteiger charge is -2.31. The predicted octanol–water partition coefficient (Wildman–Crippen LogP) is 3.99. The molecular weight excluding hydrogens is 346 g/mol. The molecule has 26 heavy (non-hydrogen) atoms. The monoisotopic (exact) mass is 367 g/mol. The van der Waals surface area contributed by atoms with E-state index in [9.17, 15) is 4.79 Å². The van der Waals surface area contributed by atoms with Crippen molar-refractivity contribution in [3.8, 4) is 5.19 Å². The Morgan fingerprint density at radius 2 is 1.96 bits per heavy atom. The van der Waals surface area contributed by atoms with Gasteiger partial charge in [0.1, 0.15) is 6.10 Å². The average molecular weight is 367 g/mol. The Hall–Kier alpha value is -2.47. The van der Waals surface area contributed by atoms with Crippen LogP contribution in [0.15, 0.2) is 36.7 Å². The first kappa shape index (κ1) is 17.0. The van der Waals surface area contributed by atoms with Crippen LogP contribution in [0, 0.1) is 13.8 Å². The van der Waals surface area contributed by atoms with Gasteiger partial charge in [0.25, 0.3) is 11.1 Å². The number of piperidine rings is 1. The molecule has 0 bridgehead atoms. The molecule has 0 aliphatic carbocycles. The number of hydrogen-bond donors (Lipinski definition) is 0. The minimum Gasteiger partial charge on any atom is -0.467 e. The zero-order valence-electron chi connectivity index (χ0n) is 14.9. The number of benzene rings is 1. The van der Waals surface area contributed by atoms with Crippen molar-refractivity contribution in [2.45, 2.75) is 32.8 Å². The molecular formula is C20H21N3O2S. The Morgan fingerprint density at radius 1 is 1.19 bits per heavy atom. The van der Waals surface area contributed by atoms with E-state index >= 15 is 0 Å². The SMILES string of the molecule is Cc1ccc(C)c2sc(OC3CCN(C(=O)c4cccnc4)CC3)nc12. The minimum atomic E-state index is 0.0442. The van der Waals surface area contributed by atoms with Gasteiger partial charge in [0, 0.05) is 38.3 Å². The summed E-state index contributed by atoms with van der Waals surface area (Å²) in [4.78, 5) is 23.1. The van der Waals surface area contributed by atoms with Crippen LogP contribution in [0.5, 0.6) is 5.19 Å². The molecule has 5 nitrogen and oxygen atoms in total. The number of ether oxygens (including phenoxy) is 1. The summed E-state index contributed by atoms with van der Waals surface area (Å²) in [5.74, 6) is 0.0442. The average Bonchev–Trinajstić information content (AvgIpc) is 3.11. The van der Waals surface area contributed by atoms with Gasteiger partial charge in [0.05, 0.1) is 15.8 Å². The van der Waals surface area contributed by atoms with E-state index in [0.29, 0.717) is 18.7 Å². The maximum Gasteiger partial charge on any atom is 0.274 e. The molecule has 1 amide bonds. The Morgan fingerprint density at radius 3 is 2.65 bits per heavy atom. The van der Waals surface area contributed by atoms with Crippen molar-refractivity contribution in [3.63, 3.8) is 0 Å². The third-order valence-electron chi connectivity index (χ3n) is 4.83. The number of likely N-dealkylation sites (tertiary alicyclic amines) is 1. The van der Waals surface area contributed by atoms with Crippen LogP contribution in [0.2, 0.25) is 0 Å². The molecule has 1 aliphatic heterocycles. The fourth-order valence-electron chi connectivity index (χ4n) is 3.28. The van der Waals surface area contributed by atoms with Crippen LogP contribution in [0.1, 0.15) is 34.3 Å². The van der Waals surface area contributed by atoms with E-state index in [1.807, 2.05) is 11.0 Å². The van der Waals surface area contributed by atoms with Crippen LogP contribution in [0.25, 0.3) is 10.2 Å². The van der Waals surface area contributed by atoms with Gasteiger partial charge in [-0.05, 0) is 37.1 Å². The molecule has 3 aromatic rings. The fourth-order valence-corrected chi connectivity index (χ4v) is 4.31. The molecule has 1 aromatic carbocycles. The second kappa shape index (κ2) is 7.03. The van der Waals surface area contributed by atoms with Crippen molar-refractivity contribution in [2.75, 3.05) is 13.1 Å². The molecule has 0 unspecified atom stereocenters. The molecule has 1 saturated heterocycles. The number of hydrogen-bond acceptors (Lipinski definition) is 5. The first-order valence-electron chi connectivity index (χ1n) is 8.84. The van der Waals surface area contributed by atoms with Gasteiger partial charge >= 0.3 is 0 Å². The lowest BCUT2D eigenvalue weighted by Crippen LogP contribution is -2.41. The summed E-state index contributed by atoms with van der Waals surface area (Å²) < 4.78 is 7.34. The molecule has 134 valence electrons. The van der Waals surface area contributed by atoms with Crippen LogP contribution in [0.4, 0.5) is 0 Å². The van der Waals surface area contributed by atoms with Gasteiger partial charge in [-0.2, -0.15) is 0 Å². The number of nitrogens with zero attached hydrogens (tertiary/aromatic N) is 3. The molecule has 4 rings (SSSR count). The van der Waals surface area contributed by atoms with Gasteiger partial charge in [-0.1, -0.05) is 23.5 Å². The zero-order chi connectivity index (χ0) is 18.1. The third-order valence-corrected chi connectivity index (χ3v) is 5.91. The van der Waals surface area contributed by atoms with Crippen molar-refractivity contribution in [1.82, 2.24) is 14.9 Å². The van der Waals surface area contributed by atoms with Crippen molar-refractivity contribution in [2.24, 2.45) is 0 Å². The maximum atomic E-state index is 12.5. The van der Waals surface area contributed by atoms with Gasteiger partial charge in [0.2, 0.25) is 0 Å². The van der Waals surface area contributed by atoms with Crippen molar-refractivity contribution in [3.05, 3.63) is 53.3 Å². The fraction of sp³-hybridized carbons (Fsp3) is 0.350. The van der Waals surface area contributed by atoms with E-state index in [-0.39, 0.29) is 12.0 Å². The Balaban J connectivity index is 1.41. The molecule has 0 radical (unpaired) electrons. The molecule has 0 atom stereocenters. The molecule has 1 fully saturated rings. The van der Waals surface area contributed by atoms with E-state index in [4.69, 9.17) is 4.74 Å². The van der Waals surface area contributed by atoms with E-state index in [0.717, 1.165) is 23.6 Å². The van der Waals surface area contributed by atoms with Crippen LogP contribution in [-0.4, -0.2) is 40.0 Å². The highest BCUT2D eigenvalue weighted by Crippen LogP contribution is 2.33. The number of carbonyl (C=O) groups is 1. The molecule has 0 N–H and O–H groups in total. The van der Waals surface area contributed by atoms with Gasteiger partial charge in [-0.3, -0.25) is 9.78 Å². The molecule has 2 aromatic heterocycles. The largest absolute Gasteiger partial charge is 0.467 e. The second-order valence-corrected chi connectivity index (χ2v) is 7.67. The summed E-state index contributed by atoms with van der Waals surface area (Å²) in [5.41, 5.74) is 4.08. The molecule has 0 spiro atoms. The topological polar surface area (TPSA) is 55.3 Å². The maximum absolute atomic E-state index is 12.5. The van der Waals surface area contributed by atoms with Gasteiger partial charge < -0.3 is 9.64 Å². The van der Waals surface area contributed by atoms with Gasteiger partial charge in [0.15, 0.2) is 0 Å². The predicted molar refractivity (Wildman–Crippen MR) is 103 cm³/mol. The number of thiazole rings is 1. The minimum absolute atomic E-state index is 0.0442. The first-order chi connectivity index (χ1) is 12.6. The van der Waals surface area contributed by atoms with Crippen LogP contribution in [0.3, 0.4) is 0 Å². The molecule has 1 aliphatic rings. The Labute approximate surface area is 156 Å². The Kier molecular flexibility index (Phi) is 4.59. The van der Waals surface area contributed by atoms with Crippen molar-refractivity contribution in [1.29, 1.82) is 0 Å². The number of aryl methyl sites for hydroxylation is 2. The van der Waals surface area contributed by atoms with E-state index < -0.39 is 0 Å². The molecule has 3 heterocycles. The Bertz CT molecular complexity index is 892. The first-order valence-corrected chi connectivity index (χ1v) is 9.66. The highest BCUT2D eigenvalue weighted by Gasteiger charge is 2.25. The van der Waals surface area contributed by atoms with Crippen LogP contribution >= 0.6 is 11.3 Å². The highest BCUT2D eigenvalue weighted by atomic mass is 32.1. The highest BCUT2D eigenvalue weighted by molar-refractivity contribution is 7.20. The number of pyridine rings is 1. The second-order valence-electron chi connectivity index (χ2n) is 6.71. The molecule has 0 saturated carbocycles. The lowest BCUT2D eigenvalue weighted by molar-refractivity contribution is 0.0595. The standard InChI is InChI=1S/C20H21N3O2S/c1-13-5-6-14(2)18-17(13)22-20(26-18)25-16-7-10-23(11-8-16)19(24)15-4-3-9-21-12-15/h3-6,9,12,16H,7-8,10-11H2,1-2H3. The summed E-state index contributed by atoms with van der Waals surface area (Å²) in [6, 6.07) is 7.83. The van der Waals surface area contributed by atoms with Gasteiger partial charge in [-0.15, -0.1) is 0 Å². The lowest BCUT2D eigenvalue weighted by atomic mass is 10.1. The molecule has 6 heteroatoms. The normalized spacial score (nSPS) is 15.4. The quantitative estimate of drug-likeness (QED) is 0.702. The van der Waals surface area contributed by atoms with Gasteiger partial charge in [-0.25, -0.2) is 4.98 Å². The summed E-state index contributed by atoms with van der Waals surface area (Å²) in [6.07, 6.45) is 5.04. The van der Waals surface area contributed by atoms with E-state index in [1.54, 1.807) is 29.8 Å². The number of carbonyl (C=O) groups excluding carboxylic acids is 1. The summed E-state index contributed by atoms with van der Waals surface area (Å²) >= 11 is 1.61. The summed E-state index contributed by atoms with van der Waals surface area (Å²) in [6.45, 7) is 5.57. The van der Waals surface area contributed by atoms with E-state index in [1.165, 1.54) is 15.8 Å². The van der Waals surface area contributed by atoms with Crippen molar-refractivity contribution >= 4 is 27.5 Å². The number of fused-ring (bicyclic) bond motifs is 1. The van der Waals surface area contributed by atoms with Crippen LogP contribution < -0.4 is 4.74 Å². The number of rotatable bonds is 3.